The SMILES string of the molecule is O=C(NC1CN(Cc2ccccc2)CCC1CO)C1CCCN(C(=O)C2CC2)C1. The van der Waals surface area contributed by atoms with Crippen molar-refractivity contribution in [3.63, 3.8) is 0 Å². The molecule has 2 saturated heterocycles. The van der Waals surface area contributed by atoms with Crippen LogP contribution >= 0.6 is 0 Å². The maximum Gasteiger partial charge on any atom is 0.225 e. The predicted molar refractivity (Wildman–Crippen MR) is 111 cm³/mol. The van der Waals surface area contributed by atoms with E-state index in [1.54, 1.807) is 0 Å². The standard InChI is InChI=1S/C23H33N3O3/c27-16-20-10-12-25(13-17-5-2-1-3-6-17)15-21(20)24-22(28)19-7-4-11-26(14-19)23(29)18-8-9-18/h1-3,5-6,18-21,27H,4,7-16H2,(H,24,28). The van der Waals surface area contributed by atoms with Crippen molar-refractivity contribution < 1.29 is 14.7 Å². The molecule has 29 heavy (non-hydrogen) atoms. The normalized spacial score (nSPS) is 28.2. The molecule has 3 atom stereocenters. The van der Waals surface area contributed by atoms with E-state index in [4.69, 9.17) is 0 Å². The van der Waals surface area contributed by atoms with Crippen LogP contribution in [0.1, 0.15) is 37.7 Å². The Morgan fingerprint density at radius 1 is 1.00 bits per heavy atom. The van der Waals surface area contributed by atoms with Crippen LogP contribution < -0.4 is 5.32 Å². The van der Waals surface area contributed by atoms with E-state index >= 15 is 0 Å². The Morgan fingerprint density at radius 3 is 2.52 bits per heavy atom. The molecule has 0 radical (unpaired) electrons. The van der Waals surface area contributed by atoms with Crippen LogP contribution in [-0.2, 0) is 16.1 Å². The number of benzene rings is 1. The second kappa shape index (κ2) is 9.26. The topological polar surface area (TPSA) is 72.9 Å². The number of piperidine rings is 2. The average Bonchev–Trinajstić information content (AvgIpc) is 3.60. The third-order valence-electron chi connectivity index (χ3n) is 6.68. The summed E-state index contributed by atoms with van der Waals surface area (Å²) in [5.41, 5.74) is 1.27. The molecule has 2 heterocycles. The van der Waals surface area contributed by atoms with E-state index in [0.717, 1.165) is 58.3 Å². The van der Waals surface area contributed by atoms with Crippen molar-refractivity contribution in [1.82, 2.24) is 15.1 Å². The molecule has 0 aromatic heterocycles. The molecule has 158 valence electrons. The first-order valence-corrected chi connectivity index (χ1v) is 11.1. The Labute approximate surface area is 173 Å². The first-order chi connectivity index (χ1) is 14.1. The number of aliphatic hydroxyl groups is 1. The minimum absolute atomic E-state index is 0.0422. The second-order valence-electron chi connectivity index (χ2n) is 8.96. The van der Waals surface area contributed by atoms with Crippen molar-refractivity contribution in [2.75, 3.05) is 32.8 Å². The molecular weight excluding hydrogens is 366 g/mol. The number of amides is 2. The summed E-state index contributed by atoms with van der Waals surface area (Å²) < 4.78 is 0. The van der Waals surface area contributed by atoms with Gasteiger partial charge in [0.05, 0.1) is 5.92 Å². The van der Waals surface area contributed by atoms with E-state index in [-0.39, 0.29) is 42.2 Å². The maximum absolute atomic E-state index is 13.0. The Bertz CT molecular complexity index is 707. The van der Waals surface area contributed by atoms with E-state index in [9.17, 15) is 14.7 Å². The van der Waals surface area contributed by atoms with E-state index in [2.05, 4.69) is 22.3 Å². The van der Waals surface area contributed by atoms with Gasteiger partial charge in [0.2, 0.25) is 11.8 Å². The third kappa shape index (κ3) is 5.17. The lowest BCUT2D eigenvalue weighted by Gasteiger charge is -2.39. The summed E-state index contributed by atoms with van der Waals surface area (Å²) in [5, 5.41) is 13.1. The average molecular weight is 400 g/mol. The lowest BCUT2D eigenvalue weighted by atomic mass is 9.90. The molecule has 2 amide bonds. The molecule has 6 nitrogen and oxygen atoms in total. The highest BCUT2D eigenvalue weighted by molar-refractivity contribution is 5.83. The van der Waals surface area contributed by atoms with Gasteiger partial charge in [-0.1, -0.05) is 30.3 Å². The van der Waals surface area contributed by atoms with Gasteiger partial charge in [-0.25, -0.2) is 0 Å². The molecule has 1 aromatic rings. The van der Waals surface area contributed by atoms with Gasteiger partial charge in [-0.3, -0.25) is 14.5 Å². The molecule has 3 unspecified atom stereocenters. The number of hydrogen-bond acceptors (Lipinski definition) is 4. The molecule has 2 N–H and O–H groups in total. The molecular formula is C23H33N3O3. The van der Waals surface area contributed by atoms with Crippen LogP contribution in [0.2, 0.25) is 0 Å². The summed E-state index contributed by atoms with van der Waals surface area (Å²) in [4.78, 5) is 29.6. The van der Waals surface area contributed by atoms with Gasteiger partial charge in [0.25, 0.3) is 0 Å². The summed E-state index contributed by atoms with van der Waals surface area (Å²) in [6, 6.07) is 10.3. The maximum atomic E-state index is 13.0. The van der Waals surface area contributed by atoms with E-state index in [1.807, 2.05) is 23.1 Å². The highest BCUT2D eigenvalue weighted by atomic mass is 16.3. The summed E-state index contributed by atoms with van der Waals surface area (Å²) >= 11 is 0. The number of nitrogens with zero attached hydrogens (tertiary/aromatic N) is 2. The molecule has 4 rings (SSSR count). The Balaban J connectivity index is 1.34. The summed E-state index contributed by atoms with van der Waals surface area (Å²) in [6.45, 7) is 3.97. The Kier molecular flexibility index (Phi) is 6.50. The Morgan fingerprint density at radius 2 is 1.79 bits per heavy atom. The number of aliphatic hydroxyl groups excluding tert-OH is 1. The molecule has 0 bridgehead atoms. The van der Waals surface area contributed by atoms with Crippen molar-refractivity contribution in [2.45, 2.75) is 44.7 Å². The smallest absolute Gasteiger partial charge is 0.225 e. The molecule has 3 fully saturated rings. The summed E-state index contributed by atoms with van der Waals surface area (Å²) in [6.07, 6.45) is 4.62. The van der Waals surface area contributed by atoms with E-state index in [1.165, 1.54) is 5.56 Å². The zero-order chi connectivity index (χ0) is 20.2. The number of carbonyl (C=O) groups is 2. The van der Waals surface area contributed by atoms with Gasteiger partial charge >= 0.3 is 0 Å². The van der Waals surface area contributed by atoms with Gasteiger partial charge in [-0.2, -0.15) is 0 Å². The Hall–Kier alpha value is -1.92. The van der Waals surface area contributed by atoms with Gasteiger partial charge < -0.3 is 15.3 Å². The van der Waals surface area contributed by atoms with E-state index in [0.29, 0.717) is 6.54 Å². The predicted octanol–water partition coefficient (Wildman–Crippen LogP) is 1.63. The zero-order valence-electron chi connectivity index (χ0n) is 17.1. The number of hydrogen-bond donors (Lipinski definition) is 2. The summed E-state index contributed by atoms with van der Waals surface area (Å²) in [5.74, 6) is 0.459. The van der Waals surface area contributed by atoms with Gasteiger partial charge in [-0.05, 0) is 44.2 Å². The molecule has 0 spiro atoms. The van der Waals surface area contributed by atoms with Crippen LogP contribution in [0.5, 0.6) is 0 Å². The molecule has 3 aliphatic rings. The molecule has 1 saturated carbocycles. The minimum Gasteiger partial charge on any atom is -0.396 e. The van der Waals surface area contributed by atoms with Gasteiger partial charge in [-0.15, -0.1) is 0 Å². The lowest BCUT2D eigenvalue weighted by Crippen LogP contribution is -2.55. The highest BCUT2D eigenvalue weighted by Gasteiger charge is 2.38. The quantitative estimate of drug-likeness (QED) is 0.763. The highest BCUT2D eigenvalue weighted by Crippen LogP contribution is 2.32. The third-order valence-corrected chi connectivity index (χ3v) is 6.68. The monoisotopic (exact) mass is 399 g/mol. The van der Waals surface area contributed by atoms with Crippen LogP contribution in [0.15, 0.2) is 30.3 Å². The largest absolute Gasteiger partial charge is 0.396 e. The second-order valence-corrected chi connectivity index (χ2v) is 8.96. The van der Waals surface area contributed by atoms with Crippen LogP contribution in [-0.4, -0.2) is 65.5 Å². The zero-order valence-corrected chi connectivity index (χ0v) is 17.1. The van der Waals surface area contributed by atoms with Gasteiger partial charge in [0, 0.05) is 50.7 Å². The minimum atomic E-state index is -0.129. The van der Waals surface area contributed by atoms with Crippen LogP contribution in [0.4, 0.5) is 0 Å². The molecule has 1 aromatic carbocycles. The number of likely N-dealkylation sites (tertiary alicyclic amines) is 2. The lowest BCUT2D eigenvalue weighted by molar-refractivity contribution is -0.137. The first kappa shape index (κ1) is 20.4. The van der Waals surface area contributed by atoms with Crippen LogP contribution in [0, 0.1) is 17.8 Å². The first-order valence-electron chi connectivity index (χ1n) is 11.1. The van der Waals surface area contributed by atoms with Crippen molar-refractivity contribution in [2.24, 2.45) is 17.8 Å². The fraction of sp³-hybridized carbons (Fsp3) is 0.652. The van der Waals surface area contributed by atoms with E-state index < -0.39 is 0 Å². The van der Waals surface area contributed by atoms with Crippen molar-refractivity contribution >= 4 is 11.8 Å². The molecule has 2 aliphatic heterocycles. The molecule has 6 heteroatoms. The number of nitrogens with one attached hydrogen (secondary N) is 1. The fourth-order valence-corrected chi connectivity index (χ4v) is 4.72. The van der Waals surface area contributed by atoms with Gasteiger partial charge in [0.15, 0.2) is 0 Å². The van der Waals surface area contributed by atoms with Crippen molar-refractivity contribution in [3.8, 4) is 0 Å². The summed E-state index contributed by atoms with van der Waals surface area (Å²) in [7, 11) is 0. The number of rotatable bonds is 6. The number of carbonyl (C=O) groups excluding carboxylic acids is 2. The van der Waals surface area contributed by atoms with Gasteiger partial charge in [0.1, 0.15) is 0 Å². The van der Waals surface area contributed by atoms with Crippen LogP contribution in [0.3, 0.4) is 0 Å². The van der Waals surface area contributed by atoms with Crippen molar-refractivity contribution in [3.05, 3.63) is 35.9 Å². The fourth-order valence-electron chi connectivity index (χ4n) is 4.72. The molecule has 1 aliphatic carbocycles. The van der Waals surface area contributed by atoms with Crippen molar-refractivity contribution in [1.29, 1.82) is 0 Å². The van der Waals surface area contributed by atoms with Crippen LogP contribution in [0.25, 0.3) is 0 Å².